The molecule has 0 bridgehead atoms. The maximum atomic E-state index is 11.5. The summed E-state index contributed by atoms with van der Waals surface area (Å²) in [5, 5.41) is 0. The van der Waals surface area contributed by atoms with Gasteiger partial charge in [-0.2, -0.15) is 0 Å². The zero-order valence-electron chi connectivity index (χ0n) is 8.10. The Kier molecular flexibility index (Phi) is 2.60. The van der Waals surface area contributed by atoms with E-state index in [1.807, 2.05) is 18.2 Å². The summed E-state index contributed by atoms with van der Waals surface area (Å²) < 4.78 is 0. The first-order valence-electron chi connectivity index (χ1n) is 4.64. The minimum absolute atomic E-state index is 0.140. The lowest BCUT2D eigenvalue weighted by molar-refractivity contribution is 1.02. The second kappa shape index (κ2) is 4.06. The second-order valence-corrected chi connectivity index (χ2v) is 3.17. The summed E-state index contributed by atoms with van der Waals surface area (Å²) >= 11 is 0. The quantitative estimate of drug-likeness (QED) is 0.758. The zero-order chi connectivity index (χ0) is 10.7. The van der Waals surface area contributed by atoms with Crippen LogP contribution in [0.25, 0.3) is 11.3 Å². The molecule has 0 saturated heterocycles. The minimum Gasteiger partial charge on any atom is -0.326 e. The standard InChI is InChI=1S/C11H11N3O/c12-6-8-3-4-10(14-11(8)15)9-2-1-5-13-7-9/h1-5,7H,6,12H2,(H,14,15). The molecule has 0 radical (unpaired) electrons. The summed E-state index contributed by atoms with van der Waals surface area (Å²) in [4.78, 5) is 18.2. The van der Waals surface area contributed by atoms with Crippen LogP contribution in [0, 0.1) is 0 Å². The third-order valence-corrected chi connectivity index (χ3v) is 2.18. The summed E-state index contributed by atoms with van der Waals surface area (Å²) in [6.07, 6.45) is 3.39. The Balaban J connectivity index is 2.48. The van der Waals surface area contributed by atoms with Gasteiger partial charge in [0.15, 0.2) is 0 Å². The van der Waals surface area contributed by atoms with Gasteiger partial charge in [0, 0.05) is 35.8 Å². The summed E-state index contributed by atoms with van der Waals surface area (Å²) in [5.41, 5.74) is 7.49. The van der Waals surface area contributed by atoms with Crippen LogP contribution in [0.5, 0.6) is 0 Å². The van der Waals surface area contributed by atoms with Gasteiger partial charge in [0.2, 0.25) is 0 Å². The van der Waals surface area contributed by atoms with Gasteiger partial charge in [-0.25, -0.2) is 0 Å². The van der Waals surface area contributed by atoms with E-state index < -0.39 is 0 Å². The third kappa shape index (κ3) is 1.94. The van der Waals surface area contributed by atoms with Crippen LogP contribution in [0.4, 0.5) is 0 Å². The van der Waals surface area contributed by atoms with E-state index in [1.165, 1.54) is 0 Å². The predicted molar refractivity (Wildman–Crippen MR) is 58.2 cm³/mol. The number of hydrogen-bond donors (Lipinski definition) is 2. The van der Waals surface area contributed by atoms with Crippen molar-refractivity contribution in [2.24, 2.45) is 5.73 Å². The highest BCUT2D eigenvalue weighted by Gasteiger charge is 2.01. The van der Waals surface area contributed by atoms with Gasteiger partial charge in [-0.3, -0.25) is 9.78 Å². The first-order valence-corrected chi connectivity index (χ1v) is 4.64. The van der Waals surface area contributed by atoms with Gasteiger partial charge in [0.05, 0.1) is 0 Å². The summed E-state index contributed by atoms with van der Waals surface area (Å²) in [5.74, 6) is 0. The van der Waals surface area contributed by atoms with Crippen molar-refractivity contribution in [3.63, 3.8) is 0 Å². The molecule has 0 saturated carbocycles. The van der Waals surface area contributed by atoms with E-state index in [0.29, 0.717) is 5.56 Å². The summed E-state index contributed by atoms with van der Waals surface area (Å²) in [6.45, 7) is 0.253. The van der Waals surface area contributed by atoms with E-state index >= 15 is 0 Å². The molecule has 76 valence electrons. The van der Waals surface area contributed by atoms with Crippen molar-refractivity contribution in [3.05, 3.63) is 52.6 Å². The number of rotatable bonds is 2. The lowest BCUT2D eigenvalue weighted by Crippen LogP contribution is -2.15. The highest BCUT2D eigenvalue weighted by molar-refractivity contribution is 5.57. The van der Waals surface area contributed by atoms with Crippen molar-refractivity contribution in [1.82, 2.24) is 9.97 Å². The zero-order valence-corrected chi connectivity index (χ0v) is 8.10. The molecule has 4 nitrogen and oxygen atoms in total. The Morgan fingerprint density at radius 3 is 2.80 bits per heavy atom. The van der Waals surface area contributed by atoms with E-state index in [9.17, 15) is 4.79 Å². The van der Waals surface area contributed by atoms with Gasteiger partial charge >= 0.3 is 0 Å². The molecular weight excluding hydrogens is 190 g/mol. The molecule has 0 aliphatic carbocycles. The van der Waals surface area contributed by atoms with Crippen molar-refractivity contribution >= 4 is 0 Å². The largest absolute Gasteiger partial charge is 0.326 e. The summed E-state index contributed by atoms with van der Waals surface area (Å²) in [6, 6.07) is 7.28. The maximum Gasteiger partial charge on any atom is 0.252 e. The molecule has 2 aromatic heterocycles. The van der Waals surface area contributed by atoms with Crippen LogP contribution in [0.2, 0.25) is 0 Å². The van der Waals surface area contributed by atoms with E-state index in [0.717, 1.165) is 11.3 Å². The van der Waals surface area contributed by atoms with Gasteiger partial charge < -0.3 is 10.7 Å². The molecule has 2 heterocycles. The Labute approximate surface area is 86.8 Å². The van der Waals surface area contributed by atoms with Crippen molar-refractivity contribution in [3.8, 4) is 11.3 Å². The van der Waals surface area contributed by atoms with Crippen LogP contribution in [-0.2, 0) is 6.54 Å². The molecule has 0 spiro atoms. The Morgan fingerprint density at radius 1 is 1.33 bits per heavy atom. The normalized spacial score (nSPS) is 10.2. The molecule has 15 heavy (non-hydrogen) atoms. The van der Waals surface area contributed by atoms with Crippen LogP contribution in [-0.4, -0.2) is 9.97 Å². The molecule has 0 atom stereocenters. The number of nitrogens with zero attached hydrogens (tertiary/aromatic N) is 1. The maximum absolute atomic E-state index is 11.5. The smallest absolute Gasteiger partial charge is 0.252 e. The van der Waals surface area contributed by atoms with Crippen molar-refractivity contribution in [2.75, 3.05) is 0 Å². The SMILES string of the molecule is NCc1ccc(-c2cccnc2)[nH]c1=O. The number of hydrogen-bond acceptors (Lipinski definition) is 3. The fourth-order valence-corrected chi connectivity index (χ4v) is 1.36. The van der Waals surface area contributed by atoms with E-state index in [4.69, 9.17) is 5.73 Å². The lowest BCUT2D eigenvalue weighted by Gasteiger charge is -2.01. The number of aromatic amines is 1. The van der Waals surface area contributed by atoms with Gasteiger partial charge in [-0.15, -0.1) is 0 Å². The molecule has 0 fully saturated rings. The fourth-order valence-electron chi connectivity index (χ4n) is 1.36. The van der Waals surface area contributed by atoms with Crippen molar-refractivity contribution in [1.29, 1.82) is 0 Å². The Bertz CT molecular complexity index is 505. The van der Waals surface area contributed by atoms with Crippen LogP contribution in [0.1, 0.15) is 5.56 Å². The number of nitrogens with one attached hydrogen (secondary N) is 1. The van der Waals surface area contributed by atoms with Crippen LogP contribution in [0.15, 0.2) is 41.5 Å². The molecule has 0 aliphatic rings. The monoisotopic (exact) mass is 201 g/mol. The third-order valence-electron chi connectivity index (χ3n) is 2.18. The van der Waals surface area contributed by atoms with E-state index in [-0.39, 0.29) is 12.1 Å². The molecular formula is C11H11N3O. The van der Waals surface area contributed by atoms with E-state index in [1.54, 1.807) is 18.5 Å². The average Bonchev–Trinajstić information content (AvgIpc) is 2.30. The number of aromatic nitrogens is 2. The molecule has 2 rings (SSSR count). The fraction of sp³-hybridized carbons (Fsp3) is 0.0909. The van der Waals surface area contributed by atoms with Crippen molar-refractivity contribution in [2.45, 2.75) is 6.54 Å². The predicted octanol–water partition coefficient (Wildman–Crippen LogP) is 0.896. The lowest BCUT2D eigenvalue weighted by atomic mass is 10.1. The first-order chi connectivity index (χ1) is 7.31. The molecule has 3 N–H and O–H groups in total. The highest BCUT2D eigenvalue weighted by atomic mass is 16.1. The molecule has 4 heteroatoms. The van der Waals surface area contributed by atoms with Gasteiger partial charge in [0.25, 0.3) is 5.56 Å². The molecule has 0 amide bonds. The average molecular weight is 201 g/mol. The molecule has 2 aromatic rings. The number of pyridine rings is 2. The Morgan fingerprint density at radius 2 is 2.20 bits per heavy atom. The molecule has 0 unspecified atom stereocenters. The number of nitrogens with two attached hydrogens (primary N) is 1. The van der Waals surface area contributed by atoms with Gasteiger partial charge in [-0.1, -0.05) is 6.07 Å². The highest BCUT2D eigenvalue weighted by Crippen LogP contribution is 2.12. The first kappa shape index (κ1) is 9.61. The molecule has 0 aromatic carbocycles. The summed E-state index contributed by atoms with van der Waals surface area (Å²) in [7, 11) is 0. The van der Waals surface area contributed by atoms with Crippen LogP contribution in [0.3, 0.4) is 0 Å². The van der Waals surface area contributed by atoms with E-state index in [2.05, 4.69) is 9.97 Å². The van der Waals surface area contributed by atoms with Crippen molar-refractivity contribution < 1.29 is 0 Å². The Hall–Kier alpha value is -1.94. The number of H-pyrrole nitrogens is 1. The minimum atomic E-state index is -0.140. The van der Waals surface area contributed by atoms with Crippen LogP contribution >= 0.6 is 0 Å². The van der Waals surface area contributed by atoms with Gasteiger partial charge in [0.1, 0.15) is 0 Å². The topological polar surface area (TPSA) is 71.8 Å². The van der Waals surface area contributed by atoms with Gasteiger partial charge in [-0.05, 0) is 18.2 Å². The second-order valence-electron chi connectivity index (χ2n) is 3.17. The molecule has 0 aliphatic heterocycles. The van der Waals surface area contributed by atoms with Crippen LogP contribution < -0.4 is 11.3 Å².